The summed E-state index contributed by atoms with van der Waals surface area (Å²) < 4.78 is 13.5. The standard InChI is InChI=1S/C16H18FN5O/c1-11-4-5-12(8-14(11)17)20-16(23)21-13-9-18-15(19-10-13)22-6-2-3-7-22/h4-5,8-10H,2-3,6-7H2,1H3,(H2,20,21,23). The maximum atomic E-state index is 13.5. The summed E-state index contributed by atoms with van der Waals surface area (Å²) >= 11 is 0. The Bertz CT molecular complexity index is 698. The van der Waals surface area contributed by atoms with Crippen LogP contribution < -0.4 is 15.5 Å². The van der Waals surface area contributed by atoms with Gasteiger partial charge < -0.3 is 15.5 Å². The number of hydrogen-bond donors (Lipinski definition) is 2. The van der Waals surface area contributed by atoms with Crippen molar-refractivity contribution in [2.75, 3.05) is 28.6 Å². The first-order valence-corrected chi connectivity index (χ1v) is 7.53. The maximum Gasteiger partial charge on any atom is 0.323 e. The van der Waals surface area contributed by atoms with E-state index in [0.29, 0.717) is 22.9 Å². The first kappa shape index (κ1) is 15.2. The Labute approximate surface area is 133 Å². The van der Waals surface area contributed by atoms with E-state index in [4.69, 9.17) is 0 Å². The molecule has 0 bridgehead atoms. The molecule has 120 valence electrons. The van der Waals surface area contributed by atoms with Crippen molar-refractivity contribution < 1.29 is 9.18 Å². The second-order valence-corrected chi connectivity index (χ2v) is 5.51. The molecule has 1 aromatic carbocycles. The Hall–Kier alpha value is -2.70. The summed E-state index contributed by atoms with van der Waals surface area (Å²) in [5.74, 6) is 0.315. The number of nitrogens with one attached hydrogen (secondary N) is 2. The van der Waals surface area contributed by atoms with Crippen LogP contribution in [0.4, 0.5) is 26.5 Å². The lowest BCUT2D eigenvalue weighted by Gasteiger charge is -2.14. The third-order valence-corrected chi connectivity index (χ3v) is 3.71. The number of hydrogen-bond acceptors (Lipinski definition) is 4. The van der Waals surface area contributed by atoms with Gasteiger partial charge in [0.15, 0.2) is 0 Å². The summed E-state index contributed by atoms with van der Waals surface area (Å²) in [5, 5.41) is 5.20. The summed E-state index contributed by atoms with van der Waals surface area (Å²) in [6, 6.07) is 4.07. The van der Waals surface area contributed by atoms with E-state index in [2.05, 4.69) is 25.5 Å². The largest absolute Gasteiger partial charge is 0.341 e. The van der Waals surface area contributed by atoms with E-state index in [0.717, 1.165) is 25.9 Å². The quantitative estimate of drug-likeness (QED) is 0.913. The third-order valence-electron chi connectivity index (χ3n) is 3.71. The van der Waals surface area contributed by atoms with Crippen LogP contribution in [0.2, 0.25) is 0 Å². The first-order valence-electron chi connectivity index (χ1n) is 7.53. The van der Waals surface area contributed by atoms with Gasteiger partial charge in [-0.25, -0.2) is 19.2 Å². The Morgan fingerprint density at radius 3 is 2.43 bits per heavy atom. The number of carbonyl (C=O) groups is 1. The first-order chi connectivity index (χ1) is 11.1. The molecule has 2 aromatic rings. The van der Waals surface area contributed by atoms with E-state index in [1.807, 2.05) is 0 Å². The number of anilines is 3. The molecule has 1 aliphatic heterocycles. The summed E-state index contributed by atoms with van der Waals surface area (Å²) in [4.78, 5) is 22.5. The van der Waals surface area contributed by atoms with Gasteiger partial charge in [-0.05, 0) is 37.5 Å². The highest BCUT2D eigenvalue weighted by atomic mass is 19.1. The zero-order valence-electron chi connectivity index (χ0n) is 12.8. The highest BCUT2D eigenvalue weighted by Crippen LogP contribution is 2.17. The van der Waals surface area contributed by atoms with Crippen LogP contribution in [-0.2, 0) is 0 Å². The van der Waals surface area contributed by atoms with Crippen LogP contribution in [0.3, 0.4) is 0 Å². The third kappa shape index (κ3) is 3.74. The summed E-state index contributed by atoms with van der Waals surface area (Å²) in [6.45, 7) is 3.59. The molecule has 7 heteroatoms. The molecule has 6 nitrogen and oxygen atoms in total. The zero-order chi connectivity index (χ0) is 16.2. The van der Waals surface area contributed by atoms with Crippen molar-refractivity contribution in [3.63, 3.8) is 0 Å². The molecular formula is C16H18FN5O. The molecule has 23 heavy (non-hydrogen) atoms. The van der Waals surface area contributed by atoms with Gasteiger partial charge in [0.05, 0.1) is 18.1 Å². The molecule has 0 unspecified atom stereocenters. The SMILES string of the molecule is Cc1ccc(NC(=O)Nc2cnc(N3CCCC3)nc2)cc1F. The molecule has 0 radical (unpaired) electrons. The minimum absolute atomic E-state index is 0.360. The van der Waals surface area contributed by atoms with Crippen molar-refractivity contribution >= 4 is 23.4 Å². The van der Waals surface area contributed by atoms with Crippen molar-refractivity contribution in [2.24, 2.45) is 0 Å². The van der Waals surface area contributed by atoms with Gasteiger partial charge in [0, 0.05) is 18.8 Å². The second kappa shape index (κ2) is 6.60. The van der Waals surface area contributed by atoms with E-state index in [1.165, 1.54) is 6.07 Å². The molecular weight excluding hydrogens is 297 g/mol. The van der Waals surface area contributed by atoms with Gasteiger partial charge in [-0.15, -0.1) is 0 Å². The maximum absolute atomic E-state index is 13.5. The van der Waals surface area contributed by atoms with Crippen LogP contribution in [0.15, 0.2) is 30.6 Å². The molecule has 1 saturated heterocycles. The molecule has 3 rings (SSSR count). The van der Waals surface area contributed by atoms with Crippen LogP contribution >= 0.6 is 0 Å². The summed E-state index contributed by atoms with van der Waals surface area (Å²) in [5.41, 5.74) is 1.40. The number of aromatic nitrogens is 2. The van der Waals surface area contributed by atoms with Gasteiger partial charge in [-0.2, -0.15) is 0 Å². The molecule has 2 N–H and O–H groups in total. The van der Waals surface area contributed by atoms with E-state index < -0.39 is 6.03 Å². The average molecular weight is 315 g/mol. The predicted octanol–water partition coefficient (Wildman–Crippen LogP) is 3.17. The molecule has 0 saturated carbocycles. The van der Waals surface area contributed by atoms with E-state index in [1.54, 1.807) is 31.5 Å². The fourth-order valence-electron chi connectivity index (χ4n) is 2.43. The molecule has 1 aromatic heterocycles. The number of aryl methyl sites for hydroxylation is 1. The van der Waals surface area contributed by atoms with Gasteiger partial charge >= 0.3 is 6.03 Å². The van der Waals surface area contributed by atoms with Crippen LogP contribution in [-0.4, -0.2) is 29.1 Å². The van der Waals surface area contributed by atoms with E-state index in [9.17, 15) is 9.18 Å². The Morgan fingerprint density at radius 1 is 1.13 bits per heavy atom. The number of benzene rings is 1. The van der Waals surface area contributed by atoms with Crippen molar-refractivity contribution in [1.82, 2.24) is 9.97 Å². The van der Waals surface area contributed by atoms with Gasteiger partial charge in [-0.3, -0.25) is 0 Å². The predicted molar refractivity (Wildman–Crippen MR) is 87.3 cm³/mol. The van der Waals surface area contributed by atoms with Crippen LogP contribution in [0, 0.1) is 12.7 Å². The number of amides is 2. The highest BCUT2D eigenvalue weighted by molar-refractivity contribution is 5.99. The highest BCUT2D eigenvalue weighted by Gasteiger charge is 2.14. The van der Waals surface area contributed by atoms with Gasteiger partial charge in [0.2, 0.25) is 5.95 Å². The minimum atomic E-state index is -0.467. The smallest absolute Gasteiger partial charge is 0.323 e. The Balaban J connectivity index is 1.59. The second-order valence-electron chi connectivity index (χ2n) is 5.51. The van der Waals surface area contributed by atoms with E-state index >= 15 is 0 Å². The van der Waals surface area contributed by atoms with Crippen LogP contribution in [0.5, 0.6) is 0 Å². The molecule has 0 atom stereocenters. The monoisotopic (exact) mass is 315 g/mol. The van der Waals surface area contributed by atoms with Crippen molar-refractivity contribution in [1.29, 1.82) is 0 Å². The number of urea groups is 1. The molecule has 2 amide bonds. The van der Waals surface area contributed by atoms with Gasteiger partial charge in [0.1, 0.15) is 5.82 Å². The van der Waals surface area contributed by atoms with Gasteiger partial charge in [-0.1, -0.05) is 6.07 Å². The van der Waals surface area contributed by atoms with Gasteiger partial charge in [0.25, 0.3) is 0 Å². The number of halogens is 1. The fraction of sp³-hybridized carbons (Fsp3) is 0.312. The summed E-state index contributed by atoms with van der Waals surface area (Å²) in [7, 11) is 0. The fourth-order valence-corrected chi connectivity index (χ4v) is 2.43. The lowest BCUT2D eigenvalue weighted by Crippen LogP contribution is -2.22. The number of nitrogens with zero attached hydrogens (tertiary/aromatic N) is 3. The number of rotatable bonds is 3. The van der Waals surface area contributed by atoms with E-state index in [-0.39, 0.29) is 5.82 Å². The molecule has 1 aliphatic rings. The van der Waals surface area contributed by atoms with Crippen LogP contribution in [0.1, 0.15) is 18.4 Å². The van der Waals surface area contributed by atoms with Crippen LogP contribution in [0.25, 0.3) is 0 Å². The van der Waals surface area contributed by atoms with Crippen molar-refractivity contribution in [3.05, 3.63) is 42.0 Å². The topological polar surface area (TPSA) is 70.2 Å². The van der Waals surface area contributed by atoms with Crippen molar-refractivity contribution in [2.45, 2.75) is 19.8 Å². The molecule has 0 spiro atoms. The molecule has 2 heterocycles. The molecule has 0 aliphatic carbocycles. The lowest BCUT2D eigenvalue weighted by molar-refractivity contribution is 0.262. The normalized spacial score (nSPS) is 13.9. The average Bonchev–Trinajstić information content (AvgIpc) is 3.06. The Morgan fingerprint density at radius 2 is 1.78 bits per heavy atom. The number of carbonyl (C=O) groups excluding carboxylic acids is 1. The Kier molecular flexibility index (Phi) is 4.36. The minimum Gasteiger partial charge on any atom is -0.341 e. The summed E-state index contributed by atoms with van der Waals surface area (Å²) in [6.07, 6.45) is 5.43. The lowest BCUT2D eigenvalue weighted by atomic mass is 10.2. The zero-order valence-corrected chi connectivity index (χ0v) is 12.8. The molecule has 1 fully saturated rings. The van der Waals surface area contributed by atoms with Crippen molar-refractivity contribution in [3.8, 4) is 0 Å².